The van der Waals surface area contributed by atoms with Gasteiger partial charge in [0.25, 0.3) is 5.91 Å². The van der Waals surface area contributed by atoms with Crippen molar-refractivity contribution in [2.75, 3.05) is 6.54 Å². The number of hydrogen-bond donors (Lipinski definition) is 1. The van der Waals surface area contributed by atoms with Gasteiger partial charge in [-0.05, 0) is 54.8 Å². The van der Waals surface area contributed by atoms with E-state index in [9.17, 15) is 13.2 Å². The average molecular weight is 449 g/mol. The van der Waals surface area contributed by atoms with Crippen LogP contribution in [0.2, 0.25) is 0 Å². The molecule has 1 atom stereocenters. The lowest BCUT2D eigenvalue weighted by Gasteiger charge is -2.21. The Hall–Kier alpha value is -3.22. The van der Waals surface area contributed by atoms with Gasteiger partial charge in [0, 0.05) is 18.7 Å². The van der Waals surface area contributed by atoms with Crippen LogP contribution in [0.1, 0.15) is 40.0 Å². The zero-order chi connectivity index (χ0) is 23.1. The lowest BCUT2D eigenvalue weighted by molar-refractivity contribution is 0.0940. The van der Waals surface area contributed by atoms with E-state index in [-0.39, 0.29) is 29.9 Å². The van der Waals surface area contributed by atoms with E-state index in [0.29, 0.717) is 5.56 Å². The molecule has 0 bridgehead atoms. The van der Waals surface area contributed by atoms with Gasteiger partial charge < -0.3 is 5.32 Å². The van der Waals surface area contributed by atoms with Crippen LogP contribution in [0.3, 0.4) is 0 Å². The fraction of sp³-hybridized carbons (Fsp3) is 0.192. The zero-order valence-corrected chi connectivity index (χ0v) is 19.2. The molecule has 166 valence electrons. The van der Waals surface area contributed by atoms with Gasteiger partial charge in [-0.2, -0.15) is 4.31 Å². The summed E-state index contributed by atoms with van der Waals surface area (Å²) in [5.41, 5.74) is 3.51. The number of hydrogen-bond acceptors (Lipinski definition) is 3. The summed E-state index contributed by atoms with van der Waals surface area (Å²) in [5, 5.41) is 3.02. The summed E-state index contributed by atoms with van der Waals surface area (Å²) >= 11 is 0. The summed E-state index contributed by atoms with van der Waals surface area (Å²) in [6.45, 7) is 8.03. The minimum absolute atomic E-state index is 0.123. The average Bonchev–Trinajstić information content (AvgIpc) is 2.80. The van der Waals surface area contributed by atoms with Crippen LogP contribution < -0.4 is 5.32 Å². The Morgan fingerprint density at radius 2 is 1.62 bits per heavy atom. The van der Waals surface area contributed by atoms with Crippen molar-refractivity contribution in [2.24, 2.45) is 0 Å². The SMILES string of the molecule is C=CCN(Cc1ccc(C(=O)N[C@H](C)c2ccccc2C)cc1)S(=O)(=O)c1ccccc1. The second-order valence-corrected chi connectivity index (χ2v) is 9.59. The first-order valence-electron chi connectivity index (χ1n) is 10.4. The van der Waals surface area contributed by atoms with Crippen molar-refractivity contribution in [1.29, 1.82) is 0 Å². The van der Waals surface area contributed by atoms with Crippen molar-refractivity contribution >= 4 is 15.9 Å². The third-order valence-corrected chi connectivity index (χ3v) is 7.12. The van der Waals surface area contributed by atoms with Crippen LogP contribution in [0.5, 0.6) is 0 Å². The van der Waals surface area contributed by atoms with E-state index in [1.807, 2.05) is 38.1 Å². The van der Waals surface area contributed by atoms with Gasteiger partial charge in [-0.15, -0.1) is 6.58 Å². The van der Waals surface area contributed by atoms with Crippen molar-refractivity contribution in [3.63, 3.8) is 0 Å². The van der Waals surface area contributed by atoms with Gasteiger partial charge in [-0.25, -0.2) is 8.42 Å². The maximum atomic E-state index is 13.0. The maximum Gasteiger partial charge on any atom is 0.251 e. The highest BCUT2D eigenvalue weighted by Crippen LogP contribution is 2.20. The first-order chi connectivity index (χ1) is 15.3. The first-order valence-corrected chi connectivity index (χ1v) is 11.9. The van der Waals surface area contributed by atoms with Crippen molar-refractivity contribution in [1.82, 2.24) is 9.62 Å². The molecule has 0 saturated heterocycles. The Kier molecular flexibility index (Phi) is 7.62. The highest BCUT2D eigenvalue weighted by atomic mass is 32.2. The molecule has 0 saturated carbocycles. The normalized spacial score (nSPS) is 12.3. The summed E-state index contributed by atoms with van der Waals surface area (Å²) in [5.74, 6) is -0.174. The molecule has 0 aromatic heterocycles. The summed E-state index contributed by atoms with van der Waals surface area (Å²) < 4.78 is 27.4. The van der Waals surface area contributed by atoms with E-state index in [1.54, 1.807) is 60.7 Å². The molecular formula is C26H28N2O3S. The first kappa shape index (κ1) is 23.4. The minimum atomic E-state index is -3.66. The number of carbonyl (C=O) groups excluding carboxylic acids is 1. The Morgan fingerprint density at radius 1 is 1.00 bits per heavy atom. The van der Waals surface area contributed by atoms with Crippen molar-refractivity contribution in [3.05, 3.63) is 114 Å². The van der Waals surface area contributed by atoms with Gasteiger partial charge in [-0.3, -0.25) is 4.79 Å². The molecule has 6 heteroatoms. The molecule has 0 aliphatic heterocycles. The van der Waals surface area contributed by atoms with Crippen LogP contribution in [0, 0.1) is 6.92 Å². The number of nitrogens with one attached hydrogen (secondary N) is 1. The monoisotopic (exact) mass is 448 g/mol. The molecule has 3 aromatic carbocycles. The molecule has 0 heterocycles. The summed E-state index contributed by atoms with van der Waals surface area (Å²) in [7, 11) is -3.66. The van der Waals surface area contributed by atoms with E-state index in [1.165, 1.54) is 4.31 Å². The van der Waals surface area contributed by atoms with Gasteiger partial charge in [0.05, 0.1) is 10.9 Å². The number of rotatable bonds is 9. The van der Waals surface area contributed by atoms with E-state index < -0.39 is 10.0 Å². The quantitative estimate of drug-likeness (QED) is 0.475. The molecular weight excluding hydrogens is 420 g/mol. The third-order valence-electron chi connectivity index (χ3n) is 5.29. The topological polar surface area (TPSA) is 66.5 Å². The third kappa shape index (κ3) is 5.52. The molecule has 0 spiro atoms. The van der Waals surface area contributed by atoms with Crippen molar-refractivity contribution < 1.29 is 13.2 Å². The second-order valence-electron chi connectivity index (χ2n) is 7.65. The highest BCUT2D eigenvalue weighted by molar-refractivity contribution is 7.89. The van der Waals surface area contributed by atoms with Crippen LogP contribution in [0.25, 0.3) is 0 Å². The zero-order valence-electron chi connectivity index (χ0n) is 18.4. The van der Waals surface area contributed by atoms with E-state index in [4.69, 9.17) is 0 Å². The largest absolute Gasteiger partial charge is 0.346 e. The fourth-order valence-corrected chi connectivity index (χ4v) is 4.95. The number of carbonyl (C=O) groups is 1. The molecule has 0 fully saturated rings. The van der Waals surface area contributed by atoms with Gasteiger partial charge in [0.15, 0.2) is 0 Å². The van der Waals surface area contributed by atoms with Crippen LogP contribution in [-0.4, -0.2) is 25.2 Å². The smallest absolute Gasteiger partial charge is 0.251 e. The number of amides is 1. The predicted molar refractivity (Wildman–Crippen MR) is 128 cm³/mol. The Balaban J connectivity index is 1.72. The van der Waals surface area contributed by atoms with Crippen LogP contribution in [0.4, 0.5) is 0 Å². The van der Waals surface area contributed by atoms with Crippen molar-refractivity contribution in [3.8, 4) is 0 Å². The van der Waals surface area contributed by atoms with E-state index in [0.717, 1.165) is 16.7 Å². The number of aryl methyl sites for hydroxylation is 1. The molecule has 3 rings (SSSR count). The molecule has 3 aromatic rings. The fourth-order valence-electron chi connectivity index (χ4n) is 3.53. The number of nitrogens with zero attached hydrogens (tertiary/aromatic N) is 1. The molecule has 5 nitrogen and oxygen atoms in total. The number of benzene rings is 3. The van der Waals surface area contributed by atoms with Crippen molar-refractivity contribution in [2.45, 2.75) is 31.3 Å². The molecule has 0 aliphatic carbocycles. The van der Waals surface area contributed by atoms with Crippen LogP contribution >= 0.6 is 0 Å². The summed E-state index contributed by atoms with van der Waals surface area (Å²) in [4.78, 5) is 12.9. The standard InChI is InChI=1S/C26H28N2O3S/c1-4-18-28(32(30,31)24-11-6-5-7-12-24)19-22-14-16-23(17-15-22)26(29)27-21(3)25-13-9-8-10-20(25)2/h4-17,21H,1,18-19H2,2-3H3,(H,27,29)/t21-/m1/s1. The summed E-state index contributed by atoms with van der Waals surface area (Å²) in [6, 6.07) is 23.2. The molecule has 0 unspecified atom stereocenters. The molecule has 1 amide bonds. The van der Waals surface area contributed by atoms with E-state index in [2.05, 4.69) is 11.9 Å². The molecule has 0 radical (unpaired) electrons. The minimum Gasteiger partial charge on any atom is -0.346 e. The predicted octanol–water partition coefficient (Wildman–Crippen LogP) is 4.86. The van der Waals surface area contributed by atoms with E-state index >= 15 is 0 Å². The Morgan fingerprint density at radius 3 is 2.25 bits per heavy atom. The maximum absolute atomic E-state index is 13.0. The van der Waals surface area contributed by atoms with Gasteiger partial charge in [0.1, 0.15) is 0 Å². The Bertz CT molecular complexity index is 1170. The molecule has 1 N–H and O–H groups in total. The summed E-state index contributed by atoms with van der Waals surface area (Å²) in [6.07, 6.45) is 1.56. The highest BCUT2D eigenvalue weighted by Gasteiger charge is 2.23. The van der Waals surface area contributed by atoms with Gasteiger partial charge in [-0.1, -0.05) is 60.7 Å². The Labute approximate surface area is 190 Å². The second kappa shape index (κ2) is 10.4. The molecule has 32 heavy (non-hydrogen) atoms. The molecule has 0 aliphatic rings. The lowest BCUT2D eigenvalue weighted by Crippen LogP contribution is -2.31. The number of sulfonamides is 1. The van der Waals surface area contributed by atoms with Gasteiger partial charge in [0.2, 0.25) is 10.0 Å². The van der Waals surface area contributed by atoms with Crippen LogP contribution in [0.15, 0.2) is 96.4 Å². The van der Waals surface area contributed by atoms with Gasteiger partial charge >= 0.3 is 0 Å². The van der Waals surface area contributed by atoms with Crippen LogP contribution in [-0.2, 0) is 16.6 Å². The lowest BCUT2D eigenvalue weighted by atomic mass is 10.0.